The number of hydrogen-bond donors (Lipinski definition) is 1. The van der Waals surface area contributed by atoms with Crippen molar-refractivity contribution in [2.75, 3.05) is 19.6 Å². The summed E-state index contributed by atoms with van der Waals surface area (Å²) in [6, 6.07) is 2.55. The average molecular weight is 374 g/mol. The summed E-state index contributed by atoms with van der Waals surface area (Å²) in [5, 5.41) is 2.89. The van der Waals surface area contributed by atoms with Gasteiger partial charge >= 0.3 is 0 Å². The average Bonchev–Trinajstić information content (AvgIpc) is 2.61. The van der Waals surface area contributed by atoms with Gasteiger partial charge in [-0.05, 0) is 37.5 Å². The lowest BCUT2D eigenvalue weighted by Gasteiger charge is -2.30. The standard InChI is InChI=1S/C17H24F2N2O3S/c1-2-3-4-9-20-17(22)13-7-10-21(11-8-13)25(23,24)14-5-6-15(18)16(19)12-14/h5-6,12-13H,2-4,7-11H2,1H3,(H,20,22). The first-order valence-corrected chi connectivity index (χ1v) is 10.0. The molecule has 1 fully saturated rings. The molecule has 1 amide bonds. The van der Waals surface area contributed by atoms with Crippen molar-refractivity contribution in [1.82, 2.24) is 9.62 Å². The van der Waals surface area contributed by atoms with Gasteiger partial charge in [0.1, 0.15) is 0 Å². The van der Waals surface area contributed by atoms with Crippen LogP contribution < -0.4 is 5.32 Å². The number of nitrogens with zero attached hydrogens (tertiary/aromatic N) is 1. The van der Waals surface area contributed by atoms with E-state index in [1.54, 1.807) is 0 Å². The molecule has 0 radical (unpaired) electrons. The van der Waals surface area contributed by atoms with Crippen LogP contribution in [0.5, 0.6) is 0 Å². The van der Waals surface area contributed by atoms with Crippen molar-refractivity contribution in [3.63, 3.8) is 0 Å². The number of benzene rings is 1. The molecule has 1 aromatic carbocycles. The summed E-state index contributed by atoms with van der Waals surface area (Å²) in [6.45, 7) is 3.10. The van der Waals surface area contributed by atoms with Crippen molar-refractivity contribution in [2.45, 2.75) is 43.9 Å². The molecule has 1 heterocycles. The molecule has 140 valence electrons. The fourth-order valence-electron chi connectivity index (χ4n) is 2.88. The monoisotopic (exact) mass is 374 g/mol. The maximum atomic E-state index is 13.3. The van der Waals surface area contributed by atoms with Crippen LogP contribution in [0.4, 0.5) is 8.78 Å². The number of unbranched alkanes of at least 4 members (excludes halogenated alkanes) is 2. The fourth-order valence-corrected chi connectivity index (χ4v) is 4.36. The quantitative estimate of drug-likeness (QED) is 0.746. The topological polar surface area (TPSA) is 66.5 Å². The van der Waals surface area contributed by atoms with E-state index in [1.807, 2.05) is 0 Å². The number of halogens is 2. The van der Waals surface area contributed by atoms with Gasteiger partial charge in [-0.15, -0.1) is 0 Å². The molecule has 0 spiro atoms. The lowest BCUT2D eigenvalue weighted by molar-refractivity contribution is -0.126. The highest BCUT2D eigenvalue weighted by Gasteiger charge is 2.32. The summed E-state index contributed by atoms with van der Waals surface area (Å²) in [7, 11) is -3.88. The SMILES string of the molecule is CCCCCNC(=O)C1CCN(S(=O)(=O)c2ccc(F)c(F)c2)CC1. The molecule has 2 rings (SSSR count). The van der Waals surface area contributed by atoms with E-state index in [2.05, 4.69) is 12.2 Å². The van der Waals surface area contributed by atoms with E-state index < -0.39 is 21.7 Å². The van der Waals surface area contributed by atoms with Gasteiger partial charge < -0.3 is 5.32 Å². The van der Waals surface area contributed by atoms with Gasteiger partial charge in [-0.3, -0.25) is 4.79 Å². The van der Waals surface area contributed by atoms with Gasteiger partial charge in [0.25, 0.3) is 0 Å². The van der Waals surface area contributed by atoms with Crippen LogP contribution in [-0.2, 0) is 14.8 Å². The Balaban J connectivity index is 1.92. The molecule has 0 bridgehead atoms. The molecule has 0 saturated carbocycles. The maximum Gasteiger partial charge on any atom is 0.243 e. The molecular weight excluding hydrogens is 350 g/mol. The lowest BCUT2D eigenvalue weighted by Crippen LogP contribution is -2.43. The minimum Gasteiger partial charge on any atom is -0.356 e. The van der Waals surface area contributed by atoms with Gasteiger partial charge in [-0.25, -0.2) is 17.2 Å². The number of piperidine rings is 1. The predicted molar refractivity (Wildman–Crippen MR) is 90.4 cm³/mol. The Labute approximate surface area is 147 Å². The van der Waals surface area contributed by atoms with Gasteiger partial charge in [0.15, 0.2) is 11.6 Å². The van der Waals surface area contributed by atoms with E-state index in [-0.39, 0.29) is 29.8 Å². The van der Waals surface area contributed by atoms with Crippen LogP contribution in [-0.4, -0.2) is 38.3 Å². The Kier molecular flexibility index (Phi) is 6.89. The highest BCUT2D eigenvalue weighted by molar-refractivity contribution is 7.89. The second kappa shape index (κ2) is 8.71. The van der Waals surface area contributed by atoms with Gasteiger partial charge in [0.05, 0.1) is 4.90 Å². The Morgan fingerprint density at radius 3 is 2.48 bits per heavy atom. The summed E-state index contributed by atoms with van der Waals surface area (Å²) in [4.78, 5) is 11.8. The molecule has 0 atom stereocenters. The van der Waals surface area contributed by atoms with Crippen molar-refractivity contribution in [1.29, 1.82) is 0 Å². The Morgan fingerprint density at radius 2 is 1.88 bits per heavy atom. The molecule has 8 heteroatoms. The first kappa shape index (κ1) is 19.8. The molecule has 5 nitrogen and oxygen atoms in total. The van der Waals surface area contributed by atoms with Crippen molar-refractivity contribution < 1.29 is 22.0 Å². The molecule has 1 aromatic rings. The normalized spacial score (nSPS) is 16.8. The van der Waals surface area contributed by atoms with Gasteiger partial charge in [-0.1, -0.05) is 19.8 Å². The molecule has 1 N–H and O–H groups in total. The van der Waals surface area contributed by atoms with E-state index in [1.165, 1.54) is 4.31 Å². The number of carbonyl (C=O) groups excluding carboxylic acids is 1. The van der Waals surface area contributed by atoms with E-state index in [4.69, 9.17) is 0 Å². The van der Waals surface area contributed by atoms with E-state index >= 15 is 0 Å². The number of hydrogen-bond acceptors (Lipinski definition) is 3. The van der Waals surface area contributed by atoms with Crippen molar-refractivity contribution in [2.24, 2.45) is 5.92 Å². The number of nitrogens with one attached hydrogen (secondary N) is 1. The third-order valence-electron chi connectivity index (χ3n) is 4.43. The van der Waals surface area contributed by atoms with Crippen LogP contribution in [0.2, 0.25) is 0 Å². The Bertz CT molecular complexity index is 702. The second-order valence-electron chi connectivity index (χ2n) is 6.25. The number of sulfonamides is 1. The number of carbonyl (C=O) groups is 1. The zero-order valence-corrected chi connectivity index (χ0v) is 15.1. The number of amides is 1. The van der Waals surface area contributed by atoms with Crippen LogP contribution in [0.1, 0.15) is 39.0 Å². The summed E-state index contributed by atoms with van der Waals surface area (Å²) >= 11 is 0. The van der Waals surface area contributed by atoms with E-state index in [9.17, 15) is 22.0 Å². The highest BCUT2D eigenvalue weighted by atomic mass is 32.2. The third kappa shape index (κ3) is 4.98. The summed E-state index contributed by atoms with van der Waals surface area (Å²) in [5.41, 5.74) is 0. The van der Waals surface area contributed by atoms with E-state index in [0.29, 0.717) is 25.5 Å². The van der Waals surface area contributed by atoms with Gasteiger partial charge in [-0.2, -0.15) is 4.31 Å². The van der Waals surface area contributed by atoms with Crippen molar-refractivity contribution in [3.05, 3.63) is 29.8 Å². The third-order valence-corrected chi connectivity index (χ3v) is 6.33. The summed E-state index contributed by atoms with van der Waals surface area (Å²) < 4.78 is 52.5. The largest absolute Gasteiger partial charge is 0.356 e. The summed E-state index contributed by atoms with van der Waals surface area (Å²) in [5.74, 6) is -2.53. The molecule has 0 unspecified atom stereocenters. The number of rotatable bonds is 7. The zero-order chi connectivity index (χ0) is 18.4. The minimum absolute atomic E-state index is 0.0408. The van der Waals surface area contributed by atoms with Crippen LogP contribution in [0.25, 0.3) is 0 Å². The second-order valence-corrected chi connectivity index (χ2v) is 8.19. The summed E-state index contributed by atoms with van der Waals surface area (Å²) in [6.07, 6.45) is 3.91. The smallest absolute Gasteiger partial charge is 0.243 e. The first-order chi connectivity index (χ1) is 11.9. The molecule has 0 aromatic heterocycles. The molecule has 1 aliphatic heterocycles. The molecule has 0 aliphatic carbocycles. The Morgan fingerprint density at radius 1 is 1.20 bits per heavy atom. The van der Waals surface area contributed by atoms with Crippen LogP contribution in [0.3, 0.4) is 0 Å². The van der Waals surface area contributed by atoms with Crippen LogP contribution in [0.15, 0.2) is 23.1 Å². The van der Waals surface area contributed by atoms with Crippen molar-refractivity contribution in [3.8, 4) is 0 Å². The molecule has 25 heavy (non-hydrogen) atoms. The maximum absolute atomic E-state index is 13.3. The van der Waals surface area contributed by atoms with E-state index in [0.717, 1.165) is 31.4 Å². The highest BCUT2D eigenvalue weighted by Crippen LogP contribution is 2.25. The first-order valence-electron chi connectivity index (χ1n) is 8.59. The van der Waals surface area contributed by atoms with Gasteiger partial charge in [0.2, 0.25) is 15.9 Å². The van der Waals surface area contributed by atoms with Crippen LogP contribution in [0, 0.1) is 17.6 Å². The van der Waals surface area contributed by atoms with Crippen molar-refractivity contribution >= 4 is 15.9 Å². The van der Waals surface area contributed by atoms with Gasteiger partial charge in [0, 0.05) is 25.6 Å². The molecule has 1 saturated heterocycles. The zero-order valence-electron chi connectivity index (χ0n) is 14.3. The Hall–Kier alpha value is -1.54. The molecular formula is C17H24F2N2O3S. The fraction of sp³-hybridized carbons (Fsp3) is 0.588. The lowest BCUT2D eigenvalue weighted by atomic mass is 9.97. The predicted octanol–water partition coefficient (Wildman–Crippen LogP) is 2.67. The van der Waals surface area contributed by atoms with Crippen LogP contribution >= 0.6 is 0 Å². The molecule has 1 aliphatic rings. The minimum atomic E-state index is -3.88.